The molecule has 1 spiro atoms. The maximum Gasteiger partial charge on any atom is 0.0726 e. The van der Waals surface area contributed by atoms with Crippen LogP contribution in [0.3, 0.4) is 0 Å². The van der Waals surface area contributed by atoms with Crippen LogP contribution in [0.5, 0.6) is 0 Å². The van der Waals surface area contributed by atoms with Crippen molar-refractivity contribution in [3.63, 3.8) is 0 Å². The first-order valence-corrected chi connectivity index (χ1v) is 14.6. The van der Waals surface area contributed by atoms with Crippen LogP contribution in [0.25, 0.3) is 33.4 Å². The summed E-state index contributed by atoms with van der Waals surface area (Å²) < 4.78 is 0. The number of fused-ring (bicyclic) bond motifs is 10. The van der Waals surface area contributed by atoms with E-state index in [2.05, 4.69) is 164 Å². The number of nitrogens with zero attached hydrogens (tertiary/aromatic N) is 1. The Morgan fingerprint density at radius 3 is 1.39 bits per heavy atom. The van der Waals surface area contributed by atoms with Crippen LogP contribution in [0.1, 0.15) is 36.1 Å². The van der Waals surface area contributed by atoms with Gasteiger partial charge in [-0.25, -0.2) is 0 Å². The Balaban J connectivity index is 1.33. The van der Waals surface area contributed by atoms with Crippen LogP contribution in [0.2, 0.25) is 0 Å². The molecule has 0 aromatic heterocycles. The van der Waals surface area contributed by atoms with Crippen molar-refractivity contribution in [2.24, 2.45) is 0 Å². The number of hydrogen-bond donors (Lipinski definition) is 0. The van der Waals surface area contributed by atoms with Crippen molar-refractivity contribution in [3.05, 3.63) is 168 Å². The SMILES string of the molecule is CC(C)N(c1ccc(-c2ccccc2)cc1)c1ccc2c(c1)C1(c3ccccc3-c3ccccc31)c1ccccc1-2. The lowest BCUT2D eigenvalue weighted by molar-refractivity contribution is 0.776. The van der Waals surface area contributed by atoms with E-state index >= 15 is 0 Å². The van der Waals surface area contributed by atoms with Crippen molar-refractivity contribution in [1.82, 2.24) is 0 Å². The van der Waals surface area contributed by atoms with Gasteiger partial charge in [0.05, 0.1) is 5.41 Å². The van der Waals surface area contributed by atoms with Gasteiger partial charge >= 0.3 is 0 Å². The minimum atomic E-state index is -0.324. The van der Waals surface area contributed by atoms with Crippen LogP contribution in [-0.4, -0.2) is 6.04 Å². The van der Waals surface area contributed by atoms with Gasteiger partial charge in [-0.2, -0.15) is 0 Å². The Morgan fingerprint density at radius 1 is 0.415 bits per heavy atom. The molecule has 1 nitrogen and oxygen atoms in total. The quantitative estimate of drug-likeness (QED) is 0.221. The highest BCUT2D eigenvalue weighted by molar-refractivity contribution is 5.95. The Bertz CT molecular complexity index is 1850. The van der Waals surface area contributed by atoms with Crippen molar-refractivity contribution in [1.29, 1.82) is 0 Å². The molecule has 6 aromatic carbocycles. The predicted octanol–water partition coefficient (Wildman–Crippen LogP) is 10.2. The lowest BCUT2D eigenvalue weighted by Gasteiger charge is -2.33. The van der Waals surface area contributed by atoms with Crippen molar-refractivity contribution in [3.8, 4) is 33.4 Å². The number of benzene rings is 6. The Kier molecular flexibility index (Phi) is 5.30. The number of rotatable bonds is 4. The average molecular weight is 526 g/mol. The van der Waals surface area contributed by atoms with E-state index in [4.69, 9.17) is 0 Å². The third-order valence-corrected chi connectivity index (χ3v) is 9.03. The third kappa shape index (κ3) is 3.36. The standard InChI is InChI=1S/C40H31N/c1-27(2)41(30-22-20-29(21-23-30)28-12-4-3-5-13-28)31-24-25-35-34-16-8-11-19-38(34)40(39(35)26-31)36-17-9-6-14-32(36)33-15-7-10-18-37(33)40/h3-27H,1-2H3. The second-order valence-electron chi connectivity index (χ2n) is 11.5. The zero-order valence-electron chi connectivity index (χ0n) is 23.4. The molecule has 0 radical (unpaired) electrons. The molecule has 0 N–H and O–H groups in total. The van der Waals surface area contributed by atoms with Crippen molar-refractivity contribution in [2.75, 3.05) is 4.90 Å². The largest absolute Gasteiger partial charge is 0.339 e. The third-order valence-electron chi connectivity index (χ3n) is 9.03. The van der Waals surface area contributed by atoms with Gasteiger partial charge in [0.1, 0.15) is 0 Å². The van der Waals surface area contributed by atoms with Gasteiger partial charge in [0.15, 0.2) is 0 Å². The first-order valence-electron chi connectivity index (χ1n) is 14.6. The minimum absolute atomic E-state index is 0.290. The van der Waals surface area contributed by atoms with Crippen molar-refractivity contribution < 1.29 is 0 Å². The Hall–Kier alpha value is -4.88. The fraction of sp³-hybridized carbons (Fsp3) is 0.100. The summed E-state index contributed by atoms with van der Waals surface area (Å²) in [6.07, 6.45) is 0. The topological polar surface area (TPSA) is 3.24 Å². The van der Waals surface area contributed by atoms with Crippen LogP contribution in [0.4, 0.5) is 11.4 Å². The van der Waals surface area contributed by atoms with E-state index in [1.807, 2.05) is 0 Å². The molecular formula is C40H31N. The van der Waals surface area contributed by atoms with E-state index < -0.39 is 0 Å². The highest BCUT2D eigenvalue weighted by Crippen LogP contribution is 2.63. The predicted molar refractivity (Wildman–Crippen MR) is 172 cm³/mol. The molecule has 0 fully saturated rings. The summed E-state index contributed by atoms with van der Waals surface area (Å²) in [5.74, 6) is 0. The minimum Gasteiger partial charge on any atom is -0.339 e. The number of anilines is 2. The summed E-state index contributed by atoms with van der Waals surface area (Å²) >= 11 is 0. The number of hydrogen-bond acceptors (Lipinski definition) is 1. The molecule has 0 bridgehead atoms. The van der Waals surface area contributed by atoms with Gasteiger partial charge in [-0.1, -0.05) is 121 Å². The van der Waals surface area contributed by atoms with Crippen LogP contribution >= 0.6 is 0 Å². The van der Waals surface area contributed by atoms with Gasteiger partial charge in [0, 0.05) is 17.4 Å². The van der Waals surface area contributed by atoms with Gasteiger partial charge in [-0.3, -0.25) is 0 Å². The smallest absolute Gasteiger partial charge is 0.0726 e. The fourth-order valence-electron chi connectivity index (χ4n) is 7.42. The summed E-state index contributed by atoms with van der Waals surface area (Å²) in [5, 5.41) is 0. The molecule has 0 heterocycles. The van der Waals surface area contributed by atoms with E-state index in [0.29, 0.717) is 6.04 Å². The lowest BCUT2D eigenvalue weighted by Crippen LogP contribution is -2.28. The second kappa shape index (κ2) is 9.08. The van der Waals surface area contributed by atoms with Crippen LogP contribution in [0, 0.1) is 0 Å². The van der Waals surface area contributed by atoms with Gasteiger partial charge in [-0.05, 0) is 93.7 Å². The zero-order chi connectivity index (χ0) is 27.6. The Labute approximate surface area is 242 Å². The summed E-state index contributed by atoms with van der Waals surface area (Å²) in [5.41, 5.74) is 15.5. The molecule has 0 atom stereocenters. The summed E-state index contributed by atoms with van der Waals surface area (Å²) in [6, 6.07) is 54.1. The van der Waals surface area contributed by atoms with Crippen LogP contribution < -0.4 is 4.90 Å². The molecule has 0 saturated heterocycles. The molecule has 0 aliphatic heterocycles. The van der Waals surface area contributed by atoms with E-state index in [1.54, 1.807) is 0 Å². The molecule has 196 valence electrons. The maximum absolute atomic E-state index is 2.47. The molecule has 2 aliphatic rings. The fourth-order valence-corrected chi connectivity index (χ4v) is 7.42. The van der Waals surface area contributed by atoms with E-state index in [9.17, 15) is 0 Å². The van der Waals surface area contributed by atoms with Gasteiger partial charge in [-0.15, -0.1) is 0 Å². The molecule has 8 rings (SSSR count). The molecule has 1 heteroatoms. The van der Waals surface area contributed by atoms with Crippen LogP contribution in [-0.2, 0) is 5.41 Å². The molecule has 0 amide bonds. The van der Waals surface area contributed by atoms with Gasteiger partial charge in [0.25, 0.3) is 0 Å². The average Bonchev–Trinajstić information content (AvgIpc) is 3.49. The van der Waals surface area contributed by atoms with Crippen LogP contribution in [0.15, 0.2) is 146 Å². The first-order chi connectivity index (χ1) is 20.2. The highest BCUT2D eigenvalue weighted by atomic mass is 15.2. The molecule has 0 saturated carbocycles. The molecule has 0 unspecified atom stereocenters. The highest BCUT2D eigenvalue weighted by Gasteiger charge is 2.51. The van der Waals surface area contributed by atoms with Crippen molar-refractivity contribution >= 4 is 11.4 Å². The molecular weight excluding hydrogens is 494 g/mol. The van der Waals surface area contributed by atoms with Crippen molar-refractivity contribution in [2.45, 2.75) is 25.3 Å². The lowest BCUT2D eigenvalue weighted by atomic mass is 9.70. The summed E-state index contributed by atoms with van der Waals surface area (Å²) in [6.45, 7) is 4.56. The van der Waals surface area contributed by atoms with Gasteiger partial charge in [0.2, 0.25) is 0 Å². The zero-order valence-corrected chi connectivity index (χ0v) is 23.4. The normalized spacial score (nSPS) is 13.5. The maximum atomic E-state index is 2.47. The molecule has 2 aliphatic carbocycles. The van der Waals surface area contributed by atoms with E-state index in [-0.39, 0.29) is 5.41 Å². The first kappa shape index (κ1) is 24.0. The monoisotopic (exact) mass is 525 g/mol. The second-order valence-corrected chi connectivity index (χ2v) is 11.5. The van der Waals surface area contributed by atoms with E-state index in [0.717, 1.165) is 0 Å². The van der Waals surface area contributed by atoms with E-state index in [1.165, 1.54) is 67.0 Å². The summed E-state index contributed by atoms with van der Waals surface area (Å²) in [4.78, 5) is 2.47. The Morgan fingerprint density at radius 2 is 0.854 bits per heavy atom. The van der Waals surface area contributed by atoms with Gasteiger partial charge < -0.3 is 4.90 Å². The molecule has 6 aromatic rings. The summed E-state index contributed by atoms with van der Waals surface area (Å²) in [7, 11) is 0. The molecule has 41 heavy (non-hydrogen) atoms.